The zero-order chi connectivity index (χ0) is 11.5. The molecule has 0 fully saturated rings. The lowest BCUT2D eigenvalue weighted by atomic mass is 10.1. The van der Waals surface area contributed by atoms with Crippen molar-refractivity contribution in [3.63, 3.8) is 0 Å². The lowest BCUT2D eigenvalue weighted by Crippen LogP contribution is -2.42. The highest BCUT2D eigenvalue weighted by Crippen LogP contribution is 2.26. The Morgan fingerprint density at radius 3 is 2.67 bits per heavy atom. The van der Waals surface area contributed by atoms with Crippen LogP contribution in [-0.4, -0.2) is 17.1 Å². The van der Waals surface area contributed by atoms with Gasteiger partial charge in [0.15, 0.2) is 5.82 Å². The molecule has 0 unspecified atom stereocenters. The standard InChI is InChI=1S/C12H19N3/c1-5-9-15(12(2,3)4)11-10(13)7-6-8-14-11/h5-8H,1,9,13H2,2-4H3. The fourth-order valence-corrected chi connectivity index (χ4v) is 1.44. The van der Waals surface area contributed by atoms with Crippen LogP contribution in [0.25, 0.3) is 0 Å². The Labute approximate surface area is 91.6 Å². The number of pyridine rings is 1. The van der Waals surface area contributed by atoms with Crippen molar-refractivity contribution in [2.75, 3.05) is 17.2 Å². The van der Waals surface area contributed by atoms with Crippen LogP contribution in [0.4, 0.5) is 11.5 Å². The second kappa shape index (κ2) is 4.34. The summed E-state index contributed by atoms with van der Waals surface area (Å²) in [5.74, 6) is 0.824. The summed E-state index contributed by atoms with van der Waals surface area (Å²) in [4.78, 5) is 6.45. The maximum atomic E-state index is 5.91. The quantitative estimate of drug-likeness (QED) is 0.771. The molecule has 0 atom stereocenters. The summed E-state index contributed by atoms with van der Waals surface area (Å²) in [7, 11) is 0. The zero-order valence-corrected chi connectivity index (χ0v) is 9.70. The number of nitrogens with two attached hydrogens (primary N) is 1. The number of hydrogen-bond donors (Lipinski definition) is 1. The summed E-state index contributed by atoms with van der Waals surface area (Å²) in [6.45, 7) is 10.9. The fourth-order valence-electron chi connectivity index (χ4n) is 1.44. The first kappa shape index (κ1) is 11.6. The molecule has 0 saturated heterocycles. The van der Waals surface area contributed by atoms with Gasteiger partial charge in [-0.1, -0.05) is 6.08 Å². The van der Waals surface area contributed by atoms with E-state index in [1.165, 1.54) is 0 Å². The molecule has 3 heteroatoms. The van der Waals surface area contributed by atoms with E-state index in [1.807, 2.05) is 18.2 Å². The highest BCUT2D eigenvalue weighted by molar-refractivity contribution is 5.63. The van der Waals surface area contributed by atoms with Crippen LogP contribution in [0.1, 0.15) is 20.8 Å². The van der Waals surface area contributed by atoms with Crippen molar-refractivity contribution in [1.82, 2.24) is 4.98 Å². The van der Waals surface area contributed by atoms with E-state index in [2.05, 4.69) is 37.2 Å². The topological polar surface area (TPSA) is 42.2 Å². The Morgan fingerprint density at radius 2 is 2.20 bits per heavy atom. The molecule has 0 aromatic carbocycles. The average molecular weight is 205 g/mol. The second-order valence-corrected chi connectivity index (χ2v) is 4.49. The molecule has 0 aliphatic rings. The van der Waals surface area contributed by atoms with Crippen LogP contribution in [0.3, 0.4) is 0 Å². The van der Waals surface area contributed by atoms with Gasteiger partial charge in [0.2, 0.25) is 0 Å². The van der Waals surface area contributed by atoms with E-state index in [4.69, 9.17) is 5.73 Å². The molecule has 1 aromatic rings. The molecule has 82 valence electrons. The predicted molar refractivity (Wildman–Crippen MR) is 65.9 cm³/mol. The number of nitrogen functional groups attached to an aromatic ring is 1. The third-order valence-electron chi connectivity index (χ3n) is 2.19. The molecule has 0 bridgehead atoms. The van der Waals surface area contributed by atoms with Gasteiger partial charge in [0, 0.05) is 18.3 Å². The Morgan fingerprint density at radius 1 is 1.53 bits per heavy atom. The van der Waals surface area contributed by atoms with Crippen molar-refractivity contribution in [3.05, 3.63) is 31.0 Å². The average Bonchev–Trinajstić information content (AvgIpc) is 2.14. The lowest BCUT2D eigenvalue weighted by molar-refractivity contribution is 0.518. The van der Waals surface area contributed by atoms with Crippen molar-refractivity contribution in [1.29, 1.82) is 0 Å². The third-order valence-corrected chi connectivity index (χ3v) is 2.19. The summed E-state index contributed by atoms with van der Waals surface area (Å²) in [6.07, 6.45) is 3.62. The van der Waals surface area contributed by atoms with Crippen LogP contribution >= 0.6 is 0 Å². The molecule has 0 radical (unpaired) electrons. The first-order valence-corrected chi connectivity index (χ1v) is 5.06. The third kappa shape index (κ3) is 2.72. The van der Waals surface area contributed by atoms with Crippen molar-refractivity contribution >= 4 is 11.5 Å². The molecule has 0 spiro atoms. The molecule has 0 aliphatic heterocycles. The summed E-state index contributed by atoms with van der Waals surface area (Å²) >= 11 is 0. The van der Waals surface area contributed by atoms with E-state index in [1.54, 1.807) is 6.20 Å². The van der Waals surface area contributed by atoms with Gasteiger partial charge in [-0.25, -0.2) is 4.98 Å². The Bertz CT molecular complexity index is 339. The lowest BCUT2D eigenvalue weighted by Gasteiger charge is -2.36. The Hall–Kier alpha value is -1.51. The highest BCUT2D eigenvalue weighted by atomic mass is 15.2. The molecule has 2 N–H and O–H groups in total. The molecule has 0 amide bonds. The Balaban J connectivity index is 3.10. The van der Waals surface area contributed by atoms with Crippen LogP contribution in [0, 0.1) is 0 Å². The van der Waals surface area contributed by atoms with Crippen LogP contribution in [0.15, 0.2) is 31.0 Å². The fraction of sp³-hybridized carbons (Fsp3) is 0.417. The normalized spacial score (nSPS) is 11.1. The predicted octanol–water partition coefficient (Wildman–Crippen LogP) is 2.45. The number of aromatic nitrogens is 1. The van der Waals surface area contributed by atoms with Crippen LogP contribution in [0.5, 0.6) is 0 Å². The van der Waals surface area contributed by atoms with Gasteiger partial charge in [0.25, 0.3) is 0 Å². The first-order valence-electron chi connectivity index (χ1n) is 5.06. The Kier molecular flexibility index (Phi) is 3.35. The van der Waals surface area contributed by atoms with Gasteiger partial charge in [-0.05, 0) is 32.9 Å². The van der Waals surface area contributed by atoms with Gasteiger partial charge in [-0.3, -0.25) is 0 Å². The number of nitrogens with zero attached hydrogens (tertiary/aromatic N) is 2. The molecule has 1 heterocycles. The van der Waals surface area contributed by atoms with Crippen molar-refractivity contribution < 1.29 is 0 Å². The maximum Gasteiger partial charge on any atom is 0.152 e. The van der Waals surface area contributed by atoms with Gasteiger partial charge in [-0.15, -0.1) is 6.58 Å². The molecule has 0 saturated carbocycles. The van der Waals surface area contributed by atoms with Crippen molar-refractivity contribution in [2.45, 2.75) is 26.3 Å². The maximum absolute atomic E-state index is 5.91. The SMILES string of the molecule is C=CCN(c1ncccc1N)C(C)(C)C. The molecule has 1 aromatic heterocycles. The molecule has 15 heavy (non-hydrogen) atoms. The molecule has 1 rings (SSSR count). The number of rotatable bonds is 3. The summed E-state index contributed by atoms with van der Waals surface area (Å²) in [6, 6.07) is 3.71. The minimum atomic E-state index is -0.0172. The first-order chi connectivity index (χ1) is 6.96. The molecule has 3 nitrogen and oxygen atoms in total. The number of hydrogen-bond acceptors (Lipinski definition) is 3. The van der Waals surface area contributed by atoms with Gasteiger partial charge in [0.05, 0.1) is 5.69 Å². The van der Waals surface area contributed by atoms with E-state index in [9.17, 15) is 0 Å². The van der Waals surface area contributed by atoms with Crippen molar-refractivity contribution in [3.8, 4) is 0 Å². The smallest absolute Gasteiger partial charge is 0.152 e. The minimum absolute atomic E-state index is 0.0172. The van der Waals surface area contributed by atoms with E-state index >= 15 is 0 Å². The summed E-state index contributed by atoms with van der Waals surface area (Å²) in [5.41, 5.74) is 6.60. The van der Waals surface area contributed by atoms with E-state index in [-0.39, 0.29) is 5.54 Å². The van der Waals surface area contributed by atoms with Crippen LogP contribution in [-0.2, 0) is 0 Å². The minimum Gasteiger partial charge on any atom is -0.396 e. The van der Waals surface area contributed by atoms with Gasteiger partial charge in [-0.2, -0.15) is 0 Å². The largest absolute Gasteiger partial charge is 0.396 e. The van der Waals surface area contributed by atoms with Crippen molar-refractivity contribution in [2.24, 2.45) is 0 Å². The van der Waals surface area contributed by atoms with E-state index in [0.717, 1.165) is 12.4 Å². The highest BCUT2D eigenvalue weighted by Gasteiger charge is 2.22. The molecule has 0 aliphatic carbocycles. The summed E-state index contributed by atoms with van der Waals surface area (Å²) in [5, 5.41) is 0. The molecular weight excluding hydrogens is 186 g/mol. The van der Waals surface area contributed by atoms with E-state index < -0.39 is 0 Å². The van der Waals surface area contributed by atoms with Gasteiger partial charge < -0.3 is 10.6 Å². The van der Waals surface area contributed by atoms with Crippen LogP contribution in [0.2, 0.25) is 0 Å². The second-order valence-electron chi connectivity index (χ2n) is 4.49. The number of anilines is 2. The monoisotopic (exact) mass is 205 g/mol. The van der Waals surface area contributed by atoms with Gasteiger partial charge >= 0.3 is 0 Å². The molecular formula is C12H19N3. The summed E-state index contributed by atoms with van der Waals surface area (Å²) < 4.78 is 0. The van der Waals surface area contributed by atoms with E-state index in [0.29, 0.717) is 5.69 Å². The zero-order valence-electron chi connectivity index (χ0n) is 9.70. The van der Waals surface area contributed by atoms with Crippen LogP contribution < -0.4 is 10.6 Å². The van der Waals surface area contributed by atoms with Gasteiger partial charge in [0.1, 0.15) is 0 Å².